The summed E-state index contributed by atoms with van der Waals surface area (Å²) in [5.74, 6) is -0.904. The summed E-state index contributed by atoms with van der Waals surface area (Å²) >= 11 is 0. The van der Waals surface area contributed by atoms with E-state index in [0.717, 1.165) is 11.4 Å². The number of aromatic nitrogens is 2. The quantitative estimate of drug-likeness (QED) is 0.903. The SMILES string of the molecule is CC(N)c1nn(-c2ccc(C(=O)O)cc2)c2c1C(=O)CC(C)(C)C2. The van der Waals surface area contributed by atoms with Gasteiger partial charge in [-0.15, -0.1) is 0 Å². The zero-order valence-electron chi connectivity index (χ0n) is 14.0. The molecule has 24 heavy (non-hydrogen) atoms. The first kappa shape index (κ1) is 16.4. The lowest BCUT2D eigenvalue weighted by molar-refractivity contribution is 0.0696. The van der Waals surface area contributed by atoms with Gasteiger partial charge in [-0.3, -0.25) is 4.79 Å². The van der Waals surface area contributed by atoms with Crippen LogP contribution in [0, 0.1) is 5.41 Å². The van der Waals surface area contributed by atoms with Crippen LogP contribution in [-0.2, 0) is 6.42 Å². The molecule has 126 valence electrons. The first-order valence-corrected chi connectivity index (χ1v) is 7.94. The molecule has 3 rings (SSSR count). The summed E-state index contributed by atoms with van der Waals surface area (Å²) in [4.78, 5) is 23.6. The fourth-order valence-electron chi connectivity index (χ4n) is 3.26. The van der Waals surface area contributed by atoms with Crippen molar-refractivity contribution in [2.24, 2.45) is 11.1 Å². The lowest BCUT2D eigenvalue weighted by atomic mass is 9.75. The van der Waals surface area contributed by atoms with E-state index in [0.29, 0.717) is 24.1 Å². The van der Waals surface area contributed by atoms with Gasteiger partial charge in [0, 0.05) is 12.5 Å². The predicted octanol–water partition coefficient (Wildman–Crippen LogP) is 2.75. The Morgan fingerprint density at radius 1 is 1.29 bits per heavy atom. The van der Waals surface area contributed by atoms with Crippen LogP contribution in [0.4, 0.5) is 0 Å². The molecule has 0 fully saturated rings. The van der Waals surface area contributed by atoms with E-state index in [2.05, 4.69) is 18.9 Å². The number of ketones is 1. The molecule has 1 heterocycles. The van der Waals surface area contributed by atoms with Crippen molar-refractivity contribution in [2.75, 3.05) is 0 Å². The number of hydrogen-bond donors (Lipinski definition) is 2. The Labute approximate surface area is 140 Å². The van der Waals surface area contributed by atoms with E-state index in [1.165, 1.54) is 12.1 Å². The number of fused-ring (bicyclic) bond motifs is 1. The number of carboxylic acid groups (broad SMARTS) is 1. The average Bonchev–Trinajstić information content (AvgIpc) is 2.85. The molecule has 0 radical (unpaired) electrons. The molecule has 0 saturated carbocycles. The van der Waals surface area contributed by atoms with Crippen LogP contribution in [0.25, 0.3) is 5.69 Å². The van der Waals surface area contributed by atoms with Crippen molar-refractivity contribution < 1.29 is 14.7 Å². The normalized spacial score (nSPS) is 17.4. The van der Waals surface area contributed by atoms with E-state index >= 15 is 0 Å². The number of carbonyl (C=O) groups is 2. The van der Waals surface area contributed by atoms with Crippen molar-refractivity contribution in [1.82, 2.24) is 9.78 Å². The van der Waals surface area contributed by atoms with Crippen molar-refractivity contribution in [3.05, 3.63) is 46.8 Å². The number of Topliss-reactive ketones (excluding diaryl/α,β-unsaturated/α-hetero) is 1. The Bertz CT molecular complexity index is 817. The largest absolute Gasteiger partial charge is 0.478 e. The number of nitrogens with zero attached hydrogens (tertiary/aromatic N) is 2. The summed E-state index contributed by atoms with van der Waals surface area (Å²) in [5, 5.41) is 13.6. The van der Waals surface area contributed by atoms with Gasteiger partial charge in [0.2, 0.25) is 0 Å². The summed E-state index contributed by atoms with van der Waals surface area (Å²) in [6.45, 7) is 5.93. The van der Waals surface area contributed by atoms with Gasteiger partial charge < -0.3 is 10.8 Å². The predicted molar refractivity (Wildman–Crippen MR) is 89.6 cm³/mol. The highest BCUT2D eigenvalue weighted by Gasteiger charge is 2.37. The maximum absolute atomic E-state index is 12.6. The van der Waals surface area contributed by atoms with E-state index in [-0.39, 0.29) is 22.8 Å². The topological polar surface area (TPSA) is 98.2 Å². The van der Waals surface area contributed by atoms with E-state index < -0.39 is 5.97 Å². The summed E-state index contributed by atoms with van der Waals surface area (Å²) in [6, 6.07) is 6.13. The maximum atomic E-state index is 12.6. The number of hydrogen-bond acceptors (Lipinski definition) is 4. The van der Waals surface area contributed by atoms with Crippen LogP contribution < -0.4 is 5.73 Å². The van der Waals surface area contributed by atoms with E-state index in [4.69, 9.17) is 10.8 Å². The molecular formula is C18H21N3O3. The third-order valence-corrected chi connectivity index (χ3v) is 4.36. The number of aromatic carboxylic acids is 1. The van der Waals surface area contributed by atoms with E-state index in [1.54, 1.807) is 16.8 Å². The van der Waals surface area contributed by atoms with E-state index in [1.807, 2.05) is 6.92 Å². The van der Waals surface area contributed by atoms with Crippen molar-refractivity contribution in [2.45, 2.75) is 39.7 Å². The molecule has 6 nitrogen and oxygen atoms in total. The molecule has 1 unspecified atom stereocenters. The van der Waals surface area contributed by atoms with Crippen LogP contribution in [0.1, 0.15) is 65.3 Å². The van der Waals surface area contributed by atoms with Crippen LogP contribution in [0.15, 0.2) is 24.3 Å². The maximum Gasteiger partial charge on any atom is 0.335 e. The van der Waals surface area contributed by atoms with Gasteiger partial charge in [0.25, 0.3) is 0 Å². The summed E-state index contributed by atoms with van der Waals surface area (Å²) < 4.78 is 1.73. The molecule has 0 saturated heterocycles. The lowest BCUT2D eigenvalue weighted by Crippen LogP contribution is -2.28. The molecule has 0 spiro atoms. The van der Waals surface area contributed by atoms with Gasteiger partial charge in [-0.1, -0.05) is 13.8 Å². The molecule has 1 aliphatic rings. The number of benzene rings is 1. The Hall–Kier alpha value is -2.47. The number of carboxylic acids is 1. The van der Waals surface area contributed by atoms with E-state index in [9.17, 15) is 9.59 Å². The molecule has 1 aliphatic carbocycles. The molecular weight excluding hydrogens is 306 g/mol. The standard InChI is InChI=1S/C18H21N3O3/c1-10(19)16-15-13(8-18(2,3)9-14(15)22)21(20-16)12-6-4-11(5-7-12)17(23)24/h4-7,10H,8-9,19H2,1-3H3,(H,23,24). The van der Waals surface area contributed by atoms with Gasteiger partial charge >= 0.3 is 5.97 Å². The first-order valence-electron chi connectivity index (χ1n) is 7.94. The second kappa shape index (κ2) is 5.56. The minimum Gasteiger partial charge on any atom is -0.478 e. The van der Waals surface area contributed by atoms with Gasteiger partial charge in [0.05, 0.1) is 28.2 Å². The van der Waals surface area contributed by atoms with Crippen LogP contribution in [0.2, 0.25) is 0 Å². The van der Waals surface area contributed by atoms with Gasteiger partial charge in [0.15, 0.2) is 5.78 Å². The monoisotopic (exact) mass is 327 g/mol. The smallest absolute Gasteiger partial charge is 0.335 e. The Kier molecular flexibility index (Phi) is 3.80. The fraction of sp³-hybridized carbons (Fsp3) is 0.389. The van der Waals surface area contributed by atoms with Gasteiger partial charge in [-0.25, -0.2) is 9.48 Å². The second-order valence-electron chi connectivity index (χ2n) is 7.20. The summed E-state index contributed by atoms with van der Waals surface area (Å²) in [5.41, 5.74) is 8.91. The lowest BCUT2D eigenvalue weighted by Gasteiger charge is -2.29. The molecule has 3 N–H and O–H groups in total. The molecule has 1 atom stereocenters. The minimum absolute atomic E-state index is 0.0713. The van der Waals surface area contributed by atoms with Crippen molar-refractivity contribution in [1.29, 1.82) is 0 Å². The molecule has 1 aromatic carbocycles. The van der Waals surface area contributed by atoms with Gasteiger partial charge in [-0.05, 0) is 43.0 Å². The zero-order chi connectivity index (χ0) is 17.6. The highest BCUT2D eigenvalue weighted by Crippen LogP contribution is 2.38. The highest BCUT2D eigenvalue weighted by molar-refractivity contribution is 6.00. The van der Waals surface area contributed by atoms with Crippen molar-refractivity contribution >= 4 is 11.8 Å². The third-order valence-electron chi connectivity index (χ3n) is 4.36. The molecule has 0 bridgehead atoms. The Morgan fingerprint density at radius 2 is 1.92 bits per heavy atom. The molecule has 2 aromatic rings. The van der Waals surface area contributed by atoms with Crippen LogP contribution in [-0.4, -0.2) is 26.6 Å². The minimum atomic E-state index is -0.975. The van der Waals surface area contributed by atoms with Crippen molar-refractivity contribution in [3.63, 3.8) is 0 Å². The number of rotatable bonds is 3. The number of carbonyl (C=O) groups excluding carboxylic acids is 1. The number of nitrogens with two attached hydrogens (primary N) is 1. The second-order valence-corrected chi connectivity index (χ2v) is 7.20. The summed E-state index contributed by atoms with van der Waals surface area (Å²) in [6.07, 6.45) is 1.19. The summed E-state index contributed by atoms with van der Waals surface area (Å²) in [7, 11) is 0. The van der Waals surface area contributed by atoms with Crippen LogP contribution in [0.3, 0.4) is 0 Å². The highest BCUT2D eigenvalue weighted by atomic mass is 16.4. The zero-order valence-corrected chi connectivity index (χ0v) is 14.0. The first-order chi connectivity index (χ1) is 11.2. The average molecular weight is 327 g/mol. The fourth-order valence-corrected chi connectivity index (χ4v) is 3.26. The molecule has 0 amide bonds. The molecule has 1 aromatic heterocycles. The molecule has 6 heteroatoms. The Balaban J connectivity index is 2.17. The van der Waals surface area contributed by atoms with Crippen molar-refractivity contribution in [3.8, 4) is 5.69 Å². The van der Waals surface area contributed by atoms with Crippen LogP contribution >= 0.6 is 0 Å². The van der Waals surface area contributed by atoms with Gasteiger partial charge in [-0.2, -0.15) is 5.10 Å². The Morgan fingerprint density at radius 3 is 2.46 bits per heavy atom. The van der Waals surface area contributed by atoms with Gasteiger partial charge in [0.1, 0.15) is 0 Å². The molecule has 0 aliphatic heterocycles. The van der Waals surface area contributed by atoms with Crippen LogP contribution in [0.5, 0.6) is 0 Å². The third kappa shape index (κ3) is 2.73.